The molecule has 2 aromatic rings. The van der Waals surface area contributed by atoms with Crippen LogP contribution >= 0.6 is 11.9 Å². The minimum atomic E-state index is -4.82. The lowest BCUT2D eigenvalue weighted by Crippen LogP contribution is -2.44. The van der Waals surface area contributed by atoms with E-state index < -0.39 is 46.5 Å². The van der Waals surface area contributed by atoms with Gasteiger partial charge in [-0.15, -0.1) is 0 Å². The molecule has 208 valence electrons. The Morgan fingerprint density at radius 2 is 1.79 bits per heavy atom. The van der Waals surface area contributed by atoms with E-state index in [9.17, 15) is 31.9 Å². The van der Waals surface area contributed by atoms with E-state index in [0.717, 1.165) is 29.9 Å². The second-order valence-corrected chi connectivity index (χ2v) is 10.3. The normalized spacial score (nSPS) is 15.0. The monoisotopic (exact) mass is 566 g/mol. The van der Waals surface area contributed by atoms with Crippen LogP contribution in [0.5, 0.6) is 0 Å². The van der Waals surface area contributed by atoms with Crippen molar-refractivity contribution in [2.75, 3.05) is 18.1 Å². The van der Waals surface area contributed by atoms with Gasteiger partial charge in [-0.1, -0.05) is 12.8 Å². The van der Waals surface area contributed by atoms with Gasteiger partial charge in [0.05, 0.1) is 22.8 Å². The van der Waals surface area contributed by atoms with Gasteiger partial charge in [0, 0.05) is 23.7 Å². The van der Waals surface area contributed by atoms with Gasteiger partial charge in [0.25, 0.3) is 11.8 Å². The first-order valence-electron chi connectivity index (χ1n) is 12.0. The molecule has 0 atom stereocenters. The van der Waals surface area contributed by atoms with Crippen molar-refractivity contribution in [1.29, 1.82) is 5.26 Å². The second kappa shape index (κ2) is 12.0. The van der Waals surface area contributed by atoms with E-state index in [-0.39, 0.29) is 22.8 Å². The number of hydrogen-bond donors (Lipinski definition) is 2. The number of unbranched alkanes of at least 4 members (excludes halogenated alkanes) is 3. The van der Waals surface area contributed by atoms with Gasteiger partial charge in [0.15, 0.2) is 0 Å². The molecule has 39 heavy (non-hydrogen) atoms. The topological polar surface area (TPSA) is 114 Å². The number of carbonyl (C=O) groups is 3. The Hall–Kier alpha value is -3.63. The third-order valence-corrected chi connectivity index (χ3v) is 7.04. The largest absolute Gasteiger partial charge is 0.417 e. The Bertz CT molecular complexity index is 1310. The highest BCUT2D eigenvalue weighted by Crippen LogP contribution is 2.41. The molecule has 0 saturated carbocycles. The number of hydrogen-bond acceptors (Lipinski definition) is 6. The molecular formula is C26H26F4N4O4S. The van der Waals surface area contributed by atoms with Crippen molar-refractivity contribution in [2.45, 2.75) is 56.1 Å². The summed E-state index contributed by atoms with van der Waals surface area (Å²) in [7, 11) is 0. The first kappa shape index (κ1) is 29.9. The maximum absolute atomic E-state index is 14.9. The van der Waals surface area contributed by atoms with E-state index in [0.29, 0.717) is 41.7 Å². The van der Waals surface area contributed by atoms with Gasteiger partial charge in [0.2, 0.25) is 0 Å². The molecule has 0 spiro atoms. The lowest BCUT2D eigenvalue weighted by atomic mass is 10.0. The van der Waals surface area contributed by atoms with Crippen molar-refractivity contribution < 1.29 is 37.1 Å². The molecule has 4 amide bonds. The van der Waals surface area contributed by atoms with Crippen LogP contribution in [0.15, 0.2) is 41.3 Å². The molecule has 8 nitrogen and oxygen atoms in total. The minimum Gasteiger partial charge on any atom is -0.396 e. The van der Waals surface area contributed by atoms with Crippen molar-refractivity contribution in [1.82, 2.24) is 9.62 Å². The quantitative estimate of drug-likeness (QED) is 0.176. The molecule has 1 heterocycles. The zero-order chi connectivity index (χ0) is 29.0. The first-order chi connectivity index (χ1) is 18.3. The van der Waals surface area contributed by atoms with Gasteiger partial charge in [-0.3, -0.25) is 14.5 Å². The zero-order valence-electron chi connectivity index (χ0n) is 21.1. The fourth-order valence-corrected chi connectivity index (χ4v) is 4.98. The fourth-order valence-electron chi connectivity index (χ4n) is 4.01. The third kappa shape index (κ3) is 6.51. The van der Waals surface area contributed by atoms with Crippen LogP contribution in [0.1, 0.15) is 61.0 Å². The summed E-state index contributed by atoms with van der Waals surface area (Å²) in [5.74, 6) is -2.32. The molecule has 1 aliphatic heterocycles. The fraction of sp³-hybridized carbons (Fsp3) is 0.385. The number of nitrogens with zero attached hydrogens (tertiary/aromatic N) is 3. The number of aliphatic hydroxyl groups excluding tert-OH is 1. The highest BCUT2D eigenvalue weighted by Gasteiger charge is 2.53. The minimum absolute atomic E-state index is 0.0182. The molecule has 0 aliphatic carbocycles. The van der Waals surface area contributed by atoms with Crippen molar-refractivity contribution >= 4 is 35.5 Å². The number of urea groups is 1. The Morgan fingerprint density at radius 3 is 2.41 bits per heavy atom. The maximum Gasteiger partial charge on any atom is 0.417 e. The molecule has 2 aromatic carbocycles. The number of imide groups is 1. The van der Waals surface area contributed by atoms with E-state index in [1.165, 1.54) is 38.1 Å². The molecule has 0 aromatic heterocycles. The summed E-state index contributed by atoms with van der Waals surface area (Å²) >= 11 is 0.457. The van der Waals surface area contributed by atoms with Crippen molar-refractivity contribution in [3.8, 4) is 6.07 Å². The van der Waals surface area contributed by atoms with E-state index in [1.54, 1.807) is 0 Å². The Balaban J connectivity index is 1.79. The number of anilines is 1. The van der Waals surface area contributed by atoms with Crippen LogP contribution in [-0.2, 0) is 11.0 Å². The Kier molecular flexibility index (Phi) is 9.24. The van der Waals surface area contributed by atoms with Gasteiger partial charge in [-0.2, -0.15) is 22.7 Å². The molecule has 2 N–H and O–H groups in total. The van der Waals surface area contributed by atoms with Gasteiger partial charge in [0.1, 0.15) is 11.4 Å². The number of nitrogens with one attached hydrogen (secondary N) is 1. The zero-order valence-corrected chi connectivity index (χ0v) is 22.0. The van der Waals surface area contributed by atoms with Gasteiger partial charge >= 0.3 is 12.2 Å². The molecule has 0 radical (unpaired) electrons. The van der Waals surface area contributed by atoms with Crippen LogP contribution in [0.3, 0.4) is 0 Å². The van der Waals surface area contributed by atoms with Crippen molar-refractivity contribution in [3.63, 3.8) is 0 Å². The number of benzene rings is 2. The molecule has 1 fully saturated rings. The third-order valence-electron chi connectivity index (χ3n) is 6.07. The van der Waals surface area contributed by atoms with Crippen LogP contribution in [-0.4, -0.2) is 45.9 Å². The summed E-state index contributed by atoms with van der Waals surface area (Å²) in [5, 5.41) is 20.4. The number of amides is 4. The van der Waals surface area contributed by atoms with Gasteiger partial charge < -0.3 is 10.4 Å². The van der Waals surface area contributed by atoms with E-state index in [1.807, 2.05) is 0 Å². The number of nitriles is 1. The highest BCUT2D eigenvalue weighted by atomic mass is 32.2. The van der Waals surface area contributed by atoms with E-state index in [2.05, 4.69) is 5.32 Å². The number of alkyl halides is 3. The van der Waals surface area contributed by atoms with Crippen LogP contribution in [0.2, 0.25) is 0 Å². The molecule has 1 aliphatic rings. The summed E-state index contributed by atoms with van der Waals surface area (Å²) in [6.07, 6.45) is -1.91. The molecule has 1 saturated heterocycles. The molecular weight excluding hydrogens is 540 g/mol. The number of rotatable bonds is 10. The SMILES string of the molecule is CC1(C)C(=O)N(Sc2ccc(C#N)c(C(F)(F)F)c2)C(=O)N1c1ccc(C(=O)NCCCCCCO)c(F)c1. The van der Waals surface area contributed by atoms with Gasteiger partial charge in [-0.05, 0) is 75.0 Å². The Labute approximate surface area is 226 Å². The summed E-state index contributed by atoms with van der Waals surface area (Å²) < 4.78 is 55.7. The molecule has 3 rings (SSSR count). The summed E-state index contributed by atoms with van der Waals surface area (Å²) in [4.78, 5) is 39.6. The van der Waals surface area contributed by atoms with Crippen LogP contribution < -0.4 is 10.2 Å². The van der Waals surface area contributed by atoms with Crippen LogP contribution in [0.25, 0.3) is 0 Å². The van der Waals surface area contributed by atoms with Gasteiger partial charge in [-0.25, -0.2) is 9.18 Å². The van der Waals surface area contributed by atoms with E-state index in [4.69, 9.17) is 10.4 Å². The average Bonchev–Trinajstić information content (AvgIpc) is 3.04. The maximum atomic E-state index is 14.9. The summed E-state index contributed by atoms with van der Waals surface area (Å²) in [6, 6.07) is 6.82. The standard InChI is InChI=1S/C26H26F4N4O4S/c1-25(2)23(37)34(39-18-9-7-16(15-31)20(14-18)26(28,29)30)24(38)33(25)17-8-10-19(21(27)13-17)22(36)32-11-5-3-4-6-12-35/h7-10,13-14,35H,3-6,11-12H2,1-2H3,(H,32,36). The van der Waals surface area contributed by atoms with Crippen molar-refractivity contribution in [2.24, 2.45) is 0 Å². The molecule has 13 heteroatoms. The lowest BCUT2D eigenvalue weighted by Gasteiger charge is -2.27. The number of halogens is 4. The van der Waals surface area contributed by atoms with E-state index >= 15 is 0 Å². The number of aliphatic hydroxyl groups is 1. The predicted molar refractivity (Wildman–Crippen MR) is 135 cm³/mol. The highest BCUT2D eigenvalue weighted by molar-refractivity contribution is 7.98. The van der Waals surface area contributed by atoms with Crippen molar-refractivity contribution in [3.05, 3.63) is 58.9 Å². The molecule has 0 bridgehead atoms. The summed E-state index contributed by atoms with van der Waals surface area (Å²) in [5.41, 5.74) is -3.60. The first-order valence-corrected chi connectivity index (χ1v) is 12.8. The average molecular weight is 567 g/mol. The Morgan fingerprint density at radius 1 is 1.10 bits per heavy atom. The second-order valence-electron chi connectivity index (χ2n) is 9.24. The molecule has 0 unspecified atom stereocenters. The van der Waals surface area contributed by atoms with Crippen LogP contribution in [0.4, 0.5) is 28.0 Å². The lowest BCUT2D eigenvalue weighted by molar-refractivity contribution is -0.138. The predicted octanol–water partition coefficient (Wildman–Crippen LogP) is 5.25. The number of carbonyl (C=O) groups excluding carboxylic acids is 3. The van der Waals surface area contributed by atoms with Crippen LogP contribution in [0, 0.1) is 17.1 Å². The smallest absolute Gasteiger partial charge is 0.396 e. The summed E-state index contributed by atoms with van der Waals surface area (Å²) in [6.45, 7) is 3.22.